The normalized spacial score (nSPS) is 10.6. The third kappa shape index (κ3) is 6.18. The number of esters is 1. The summed E-state index contributed by atoms with van der Waals surface area (Å²) in [6, 6.07) is 12.2. The van der Waals surface area contributed by atoms with Crippen molar-refractivity contribution in [3.63, 3.8) is 0 Å². The molecule has 0 heterocycles. The fraction of sp³-hybridized carbons (Fsp3) is 0.158. The fourth-order valence-corrected chi connectivity index (χ4v) is 2.01. The van der Waals surface area contributed by atoms with Gasteiger partial charge in [0, 0.05) is 12.6 Å². The molecular weight excluding hydrogens is 328 g/mol. The Morgan fingerprint density at radius 1 is 1.08 bits per heavy atom. The first kappa shape index (κ1) is 18.3. The zero-order valence-electron chi connectivity index (χ0n) is 13.4. The van der Waals surface area contributed by atoms with E-state index in [0.29, 0.717) is 6.07 Å². The maximum Gasteiger partial charge on any atom is 0.307 e. The monoisotopic (exact) mass is 345 g/mol. The molecule has 0 aliphatic heterocycles. The highest BCUT2D eigenvalue weighted by Gasteiger charge is 2.12. The summed E-state index contributed by atoms with van der Waals surface area (Å²) in [6.07, 6.45) is 3.49. The van der Waals surface area contributed by atoms with Gasteiger partial charge in [-0.1, -0.05) is 36.4 Å². The molecule has 25 heavy (non-hydrogen) atoms. The lowest BCUT2D eigenvalue weighted by Crippen LogP contribution is -2.27. The summed E-state index contributed by atoms with van der Waals surface area (Å²) >= 11 is 0. The molecule has 1 amide bonds. The van der Waals surface area contributed by atoms with Gasteiger partial charge in [0.05, 0.1) is 12.0 Å². The van der Waals surface area contributed by atoms with E-state index in [0.717, 1.165) is 17.7 Å². The molecule has 0 aromatic heterocycles. The predicted molar refractivity (Wildman–Crippen MR) is 89.7 cm³/mol. The van der Waals surface area contributed by atoms with Crippen LogP contribution in [0.2, 0.25) is 0 Å². The van der Waals surface area contributed by atoms with E-state index in [4.69, 9.17) is 4.74 Å². The zero-order valence-corrected chi connectivity index (χ0v) is 13.4. The van der Waals surface area contributed by atoms with Crippen LogP contribution in [0.25, 0.3) is 6.08 Å². The van der Waals surface area contributed by atoms with Gasteiger partial charge in [-0.15, -0.1) is 0 Å². The van der Waals surface area contributed by atoms with Crippen LogP contribution in [0.4, 0.5) is 8.78 Å². The van der Waals surface area contributed by atoms with Crippen molar-refractivity contribution in [1.82, 2.24) is 5.32 Å². The van der Waals surface area contributed by atoms with Crippen molar-refractivity contribution in [1.29, 1.82) is 0 Å². The Bertz CT molecular complexity index is 761. The van der Waals surface area contributed by atoms with Crippen molar-refractivity contribution in [2.45, 2.75) is 6.42 Å². The maximum atomic E-state index is 13.4. The van der Waals surface area contributed by atoms with E-state index in [1.165, 1.54) is 0 Å². The average molecular weight is 345 g/mol. The molecule has 0 aliphatic rings. The topological polar surface area (TPSA) is 55.4 Å². The van der Waals surface area contributed by atoms with Gasteiger partial charge in [0.15, 0.2) is 0 Å². The van der Waals surface area contributed by atoms with Crippen LogP contribution >= 0.6 is 0 Å². The second kappa shape index (κ2) is 9.32. The molecule has 0 radical (unpaired) electrons. The smallest absolute Gasteiger partial charge is 0.307 e. The quantitative estimate of drug-likeness (QED) is 0.783. The summed E-state index contributed by atoms with van der Waals surface area (Å²) in [4.78, 5) is 23.3. The molecule has 0 unspecified atom stereocenters. The number of ether oxygens (including phenoxy) is 1. The molecule has 0 spiro atoms. The van der Waals surface area contributed by atoms with Crippen molar-refractivity contribution in [3.8, 4) is 0 Å². The first-order chi connectivity index (χ1) is 12.1. The summed E-state index contributed by atoms with van der Waals surface area (Å²) < 4.78 is 31.2. The number of benzene rings is 2. The Morgan fingerprint density at radius 2 is 1.84 bits per heavy atom. The Labute approximate surface area is 144 Å². The molecule has 6 heteroatoms. The fourth-order valence-electron chi connectivity index (χ4n) is 2.01. The van der Waals surface area contributed by atoms with Gasteiger partial charge in [-0.25, -0.2) is 8.78 Å². The molecule has 2 rings (SSSR count). The van der Waals surface area contributed by atoms with Crippen LogP contribution in [0, 0.1) is 11.6 Å². The lowest BCUT2D eigenvalue weighted by atomic mass is 10.2. The van der Waals surface area contributed by atoms with Crippen molar-refractivity contribution < 1.29 is 23.1 Å². The summed E-state index contributed by atoms with van der Waals surface area (Å²) in [7, 11) is 0. The van der Waals surface area contributed by atoms with Gasteiger partial charge in [0.2, 0.25) is 0 Å². The summed E-state index contributed by atoms with van der Waals surface area (Å²) in [6.45, 7) is 0.116. The van der Waals surface area contributed by atoms with E-state index in [-0.39, 0.29) is 25.1 Å². The molecule has 2 aromatic carbocycles. The molecular formula is C19H17F2NO3. The van der Waals surface area contributed by atoms with E-state index < -0.39 is 23.5 Å². The van der Waals surface area contributed by atoms with Crippen LogP contribution in [-0.4, -0.2) is 25.0 Å². The van der Waals surface area contributed by atoms with Crippen LogP contribution in [0.5, 0.6) is 0 Å². The Balaban J connectivity index is 1.68. The molecule has 2 aromatic rings. The van der Waals surface area contributed by atoms with Crippen molar-refractivity contribution in [2.75, 3.05) is 13.2 Å². The SMILES string of the molecule is O=C(CCNC(=O)c1ccc(F)cc1F)OC/C=C/c1ccccc1. The van der Waals surface area contributed by atoms with Gasteiger partial charge in [0.25, 0.3) is 5.91 Å². The van der Waals surface area contributed by atoms with E-state index in [2.05, 4.69) is 5.32 Å². The van der Waals surface area contributed by atoms with Gasteiger partial charge >= 0.3 is 5.97 Å². The Kier molecular flexibility index (Phi) is 6.83. The maximum absolute atomic E-state index is 13.4. The molecule has 0 atom stereocenters. The van der Waals surface area contributed by atoms with E-state index in [9.17, 15) is 18.4 Å². The lowest BCUT2D eigenvalue weighted by molar-refractivity contribution is -0.142. The minimum atomic E-state index is -0.953. The molecule has 0 saturated heterocycles. The van der Waals surface area contributed by atoms with Crippen LogP contribution in [0.3, 0.4) is 0 Å². The molecule has 1 N–H and O–H groups in total. The van der Waals surface area contributed by atoms with Gasteiger partial charge < -0.3 is 10.1 Å². The van der Waals surface area contributed by atoms with Crippen LogP contribution in [-0.2, 0) is 9.53 Å². The Hall–Kier alpha value is -3.02. The second-order valence-corrected chi connectivity index (χ2v) is 5.13. The number of hydrogen-bond acceptors (Lipinski definition) is 3. The van der Waals surface area contributed by atoms with E-state index in [1.807, 2.05) is 36.4 Å². The number of hydrogen-bond donors (Lipinski definition) is 1. The average Bonchev–Trinajstić information content (AvgIpc) is 2.59. The lowest BCUT2D eigenvalue weighted by Gasteiger charge is -2.06. The van der Waals surface area contributed by atoms with Gasteiger partial charge in [-0.2, -0.15) is 0 Å². The Morgan fingerprint density at radius 3 is 2.56 bits per heavy atom. The molecule has 130 valence electrons. The molecule has 0 saturated carbocycles. The van der Waals surface area contributed by atoms with Crippen molar-refractivity contribution >= 4 is 18.0 Å². The van der Waals surface area contributed by atoms with Gasteiger partial charge in [0.1, 0.15) is 18.2 Å². The van der Waals surface area contributed by atoms with E-state index >= 15 is 0 Å². The molecule has 0 bridgehead atoms. The third-order valence-corrected chi connectivity index (χ3v) is 3.24. The first-order valence-electron chi connectivity index (χ1n) is 7.67. The van der Waals surface area contributed by atoms with Crippen molar-refractivity contribution in [3.05, 3.63) is 77.4 Å². The number of amides is 1. The third-order valence-electron chi connectivity index (χ3n) is 3.24. The highest BCUT2D eigenvalue weighted by atomic mass is 19.1. The first-order valence-corrected chi connectivity index (χ1v) is 7.67. The number of halogens is 2. The minimum Gasteiger partial charge on any atom is -0.461 e. The van der Waals surface area contributed by atoms with Crippen molar-refractivity contribution in [2.24, 2.45) is 0 Å². The zero-order chi connectivity index (χ0) is 18.1. The molecule has 4 nitrogen and oxygen atoms in total. The van der Waals surface area contributed by atoms with Gasteiger partial charge in [-0.05, 0) is 23.8 Å². The predicted octanol–water partition coefficient (Wildman–Crippen LogP) is 3.34. The summed E-state index contributed by atoms with van der Waals surface area (Å²) in [5.74, 6) is -2.92. The number of carbonyl (C=O) groups excluding carboxylic acids is 2. The highest BCUT2D eigenvalue weighted by molar-refractivity contribution is 5.94. The molecule has 0 aliphatic carbocycles. The van der Waals surface area contributed by atoms with Crippen LogP contribution < -0.4 is 5.32 Å². The number of carbonyl (C=O) groups is 2. The van der Waals surface area contributed by atoms with Gasteiger partial charge in [-0.3, -0.25) is 9.59 Å². The largest absolute Gasteiger partial charge is 0.461 e. The summed E-state index contributed by atoms with van der Waals surface area (Å²) in [5, 5.41) is 2.39. The molecule has 0 fully saturated rings. The van der Waals surface area contributed by atoms with Crippen LogP contribution in [0.15, 0.2) is 54.6 Å². The minimum absolute atomic E-state index is 0.00309. The number of rotatable bonds is 7. The summed E-state index contributed by atoms with van der Waals surface area (Å²) in [5.41, 5.74) is 0.715. The number of nitrogens with one attached hydrogen (secondary N) is 1. The standard InChI is InChI=1S/C19H17F2NO3/c20-15-8-9-16(17(21)13-15)19(24)22-11-10-18(23)25-12-4-7-14-5-2-1-3-6-14/h1-9,13H,10-12H2,(H,22,24)/b7-4+. The second-order valence-electron chi connectivity index (χ2n) is 5.13. The highest BCUT2D eigenvalue weighted by Crippen LogP contribution is 2.09. The van der Waals surface area contributed by atoms with E-state index in [1.54, 1.807) is 6.08 Å². The van der Waals surface area contributed by atoms with Crippen LogP contribution in [0.1, 0.15) is 22.3 Å².